The van der Waals surface area contributed by atoms with Crippen LogP contribution >= 0.6 is 23.5 Å². The lowest BCUT2D eigenvalue weighted by atomic mass is 10.0. The molecular weight excluding hydrogens is 929 g/mol. The van der Waals surface area contributed by atoms with Crippen LogP contribution in [0.2, 0.25) is 0 Å². The molecule has 2 heterocycles. The van der Waals surface area contributed by atoms with Gasteiger partial charge in [-0.1, -0.05) is 122 Å². The van der Waals surface area contributed by atoms with Gasteiger partial charge in [-0.2, -0.15) is 0 Å². The number of benzene rings is 6. The molecule has 4 amide bonds. The number of nitrogens with one attached hydrogen (secondary N) is 2. The normalized spacial score (nSPS) is 16.9. The van der Waals surface area contributed by atoms with Gasteiger partial charge in [0.25, 0.3) is 11.8 Å². The van der Waals surface area contributed by atoms with Gasteiger partial charge < -0.3 is 29.2 Å². The predicted octanol–water partition coefficient (Wildman–Crippen LogP) is 10.6. The number of ether oxygens (including phenoxy) is 4. The molecule has 6 aromatic rings. The Kier molecular flexibility index (Phi) is 15.7. The summed E-state index contributed by atoms with van der Waals surface area (Å²) in [6.07, 6.45) is 8.14. The van der Waals surface area contributed by atoms with Crippen molar-refractivity contribution in [2.24, 2.45) is 0 Å². The van der Waals surface area contributed by atoms with Gasteiger partial charge in [-0.15, -0.1) is 0 Å². The van der Waals surface area contributed by atoms with Gasteiger partial charge in [0.15, 0.2) is 23.0 Å². The molecule has 8 rings (SSSR count). The van der Waals surface area contributed by atoms with Crippen LogP contribution in [0.3, 0.4) is 0 Å². The predicted molar refractivity (Wildman–Crippen MR) is 274 cm³/mol. The number of hydrogen-bond acceptors (Lipinski definition) is 12. The Balaban J connectivity index is 0.860. The Morgan fingerprint density at radius 2 is 0.914 bits per heavy atom. The number of thioether (sulfide) groups is 2. The topological polar surface area (TPSA) is 176 Å². The highest BCUT2D eigenvalue weighted by atomic mass is 32.2. The Morgan fingerprint density at radius 3 is 1.31 bits per heavy atom. The van der Waals surface area contributed by atoms with E-state index < -0.39 is 22.6 Å². The summed E-state index contributed by atoms with van der Waals surface area (Å²) >= 11 is 2.49. The average molecular weight is 983 g/mol. The molecule has 4 N–H and O–H groups in total. The highest BCUT2D eigenvalue weighted by Gasteiger charge is 2.42. The molecule has 0 aliphatic carbocycles. The zero-order valence-corrected chi connectivity index (χ0v) is 40.9. The van der Waals surface area contributed by atoms with Gasteiger partial charge in [0.05, 0.1) is 38.2 Å². The summed E-state index contributed by atoms with van der Waals surface area (Å²) in [7, 11) is 6.17. The first-order valence-electron chi connectivity index (χ1n) is 22.9. The van der Waals surface area contributed by atoms with Crippen molar-refractivity contribution in [3.63, 3.8) is 0 Å². The van der Waals surface area contributed by atoms with E-state index in [1.54, 1.807) is 62.8 Å². The van der Waals surface area contributed by atoms with Crippen molar-refractivity contribution in [3.05, 3.63) is 141 Å². The van der Waals surface area contributed by atoms with Crippen molar-refractivity contribution in [1.29, 1.82) is 0 Å². The standard InChI is InChI=1S/C54H54N4O10S2/c1-65-41-27-21-33(29-43(41)67-3)31-45-51(63)57(53(69-45)49-37-17-13-11-15-35(37)23-25-39(49)59)55-47(61)19-9-7-5-6-8-10-20-48(62)56-58-52(64)46(32-34-22-28-42(66-2)44(30-34)68-4)70-54(58)50-38-18-14-12-16-36(38)24-26-40(50)60/h11-18,21-32,53-54,59-60H,5-10,19-20H2,1-4H3,(H,55,61)(H,56,62)/b45-31-,46-32-. The third-order valence-electron chi connectivity index (χ3n) is 12.2. The second kappa shape index (κ2) is 22.4. The summed E-state index contributed by atoms with van der Waals surface area (Å²) in [4.78, 5) is 55.9. The minimum Gasteiger partial charge on any atom is -0.508 e. The second-order valence-electron chi connectivity index (χ2n) is 16.7. The van der Waals surface area contributed by atoms with E-state index in [9.17, 15) is 29.4 Å². The molecule has 0 aromatic heterocycles. The Morgan fingerprint density at radius 1 is 0.529 bits per heavy atom. The molecule has 0 saturated carbocycles. The number of nitrogens with zero attached hydrogens (tertiary/aromatic N) is 2. The van der Waals surface area contributed by atoms with Crippen LogP contribution in [0.25, 0.3) is 33.7 Å². The first-order chi connectivity index (χ1) is 34.0. The number of phenolic OH excluding ortho intramolecular Hbond substituents is 2. The van der Waals surface area contributed by atoms with E-state index in [0.717, 1.165) is 47.2 Å². The van der Waals surface area contributed by atoms with Gasteiger partial charge in [-0.25, -0.2) is 10.0 Å². The smallest absolute Gasteiger partial charge is 0.280 e. The molecule has 16 heteroatoms. The Hall–Kier alpha value is -7.30. The number of aromatic hydroxyl groups is 2. The molecule has 0 spiro atoms. The molecule has 70 heavy (non-hydrogen) atoms. The molecule has 6 aromatic carbocycles. The van der Waals surface area contributed by atoms with Crippen molar-refractivity contribution >= 4 is 80.8 Å². The zero-order chi connectivity index (χ0) is 49.3. The fraction of sp³-hybridized carbons (Fsp3) is 0.259. The molecule has 14 nitrogen and oxygen atoms in total. The molecule has 0 bridgehead atoms. The number of carbonyl (C=O) groups is 4. The first-order valence-corrected chi connectivity index (χ1v) is 24.7. The fourth-order valence-corrected chi connectivity index (χ4v) is 11.1. The number of rotatable bonds is 19. The van der Waals surface area contributed by atoms with Crippen LogP contribution in [-0.2, 0) is 19.2 Å². The summed E-state index contributed by atoms with van der Waals surface area (Å²) in [6.45, 7) is 0. The van der Waals surface area contributed by atoms with Crippen molar-refractivity contribution in [2.45, 2.75) is 62.1 Å². The quantitative estimate of drug-likeness (QED) is 0.0447. The third kappa shape index (κ3) is 10.8. The lowest BCUT2D eigenvalue weighted by Crippen LogP contribution is -2.44. The van der Waals surface area contributed by atoms with Crippen molar-refractivity contribution < 1.29 is 48.3 Å². The summed E-state index contributed by atoms with van der Waals surface area (Å²) in [5.41, 5.74) is 8.15. The lowest BCUT2D eigenvalue weighted by molar-refractivity contribution is -0.138. The largest absolute Gasteiger partial charge is 0.508 e. The maximum atomic E-state index is 14.1. The summed E-state index contributed by atoms with van der Waals surface area (Å²) in [5, 5.41) is 26.8. The highest BCUT2D eigenvalue weighted by Crippen LogP contribution is 2.51. The number of phenols is 2. The minimum absolute atomic E-state index is 0.00996. The van der Waals surface area contributed by atoms with Crippen molar-refractivity contribution in [2.75, 3.05) is 28.4 Å². The molecule has 2 fully saturated rings. The van der Waals surface area contributed by atoms with Crippen LogP contribution in [0.15, 0.2) is 119 Å². The van der Waals surface area contributed by atoms with Crippen molar-refractivity contribution in [1.82, 2.24) is 20.9 Å². The van der Waals surface area contributed by atoms with Crippen LogP contribution in [0.5, 0.6) is 34.5 Å². The van der Waals surface area contributed by atoms with Crippen LogP contribution in [0.1, 0.15) is 84.4 Å². The summed E-state index contributed by atoms with van der Waals surface area (Å²) < 4.78 is 21.7. The fourth-order valence-electron chi connectivity index (χ4n) is 8.62. The molecule has 362 valence electrons. The van der Waals surface area contributed by atoms with Crippen LogP contribution in [-0.4, -0.2) is 72.3 Å². The minimum atomic E-state index is -0.743. The van der Waals surface area contributed by atoms with Gasteiger partial charge in [0.1, 0.15) is 22.2 Å². The van der Waals surface area contributed by atoms with E-state index in [1.807, 2.05) is 72.8 Å². The zero-order valence-electron chi connectivity index (χ0n) is 39.2. The molecule has 2 aliphatic rings. The van der Waals surface area contributed by atoms with Gasteiger partial charge in [-0.05, 0) is 94.1 Å². The van der Waals surface area contributed by atoms with E-state index >= 15 is 0 Å². The number of carbonyl (C=O) groups excluding carboxylic acids is 4. The molecule has 2 aliphatic heterocycles. The number of hydrogen-bond donors (Lipinski definition) is 4. The molecule has 0 radical (unpaired) electrons. The van der Waals surface area contributed by atoms with Crippen LogP contribution in [0.4, 0.5) is 0 Å². The van der Waals surface area contributed by atoms with E-state index in [4.69, 9.17) is 18.9 Å². The van der Waals surface area contributed by atoms with Gasteiger partial charge in [-0.3, -0.25) is 30.0 Å². The van der Waals surface area contributed by atoms with E-state index in [-0.39, 0.29) is 36.2 Å². The summed E-state index contributed by atoms with van der Waals surface area (Å²) in [5.74, 6) is 0.665. The SMILES string of the molecule is COc1ccc(/C=C2\SC(c3c(O)ccc4ccccc34)N(NC(=O)CCCCCCCCC(=O)NN3C(=O)/C(=C/c4ccc(OC)c(OC)c4)SC3c3c(O)ccc4ccccc34)C2=O)cc1OC. The molecule has 2 unspecified atom stereocenters. The van der Waals surface area contributed by atoms with Gasteiger partial charge >= 0.3 is 0 Å². The van der Waals surface area contributed by atoms with E-state index in [2.05, 4.69) is 10.9 Å². The Labute approximate surface area is 414 Å². The third-order valence-corrected chi connectivity index (χ3v) is 14.6. The van der Waals surface area contributed by atoms with Crippen molar-refractivity contribution in [3.8, 4) is 34.5 Å². The van der Waals surface area contributed by atoms with Gasteiger partial charge in [0.2, 0.25) is 11.8 Å². The number of amides is 4. The number of fused-ring (bicyclic) bond motifs is 2. The van der Waals surface area contributed by atoms with E-state index in [1.165, 1.54) is 47.8 Å². The lowest BCUT2D eigenvalue weighted by Gasteiger charge is -2.25. The maximum Gasteiger partial charge on any atom is 0.280 e. The maximum absolute atomic E-state index is 14.1. The Bertz CT molecular complexity index is 2810. The van der Waals surface area contributed by atoms with Crippen LogP contribution in [0, 0.1) is 0 Å². The van der Waals surface area contributed by atoms with Crippen LogP contribution < -0.4 is 29.8 Å². The summed E-state index contributed by atoms with van der Waals surface area (Å²) in [6, 6.07) is 32.7. The average Bonchev–Trinajstić information content (AvgIpc) is 3.83. The molecular formula is C54H54N4O10S2. The van der Waals surface area contributed by atoms with Gasteiger partial charge in [0, 0.05) is 24.0 Å². The first kappa shape index (κ1) is 49.1. The number of hydrazine groups is 2. The monoisotopic (exact) mass is 982 g/mol. The molecule has 2 atom stereocenters. The molecule has 2 saturated heterocycles. The second-order valence-corrected chi connectivity index (χ2v) is 18.9. The highest BCUT2D eigenvalue weighted by molar-refractivity contribution is 8.05. The number of unbranched alkanes of at least 4 members (excludes halogenated alkanes) is 5. The number of methoxy groups -OCH3 is 4. The van der Waals surface area contributed by atoms with E-state index in [0.29, 0.717) is 67.9 Å².